The number of ketones is 1. The lowest BCUT2D eigenvalue weighted by atomic mass is 9.77. The summed E-state index contributed by atoms with van der Waals surface area (Å²) in [5.41, 5.74) is 5.86. The first-order valence-electron chi connectivity index (χ1n) is 11.4. The topological polar surface area (TPSA) is 65.4 Å². The zero-order valence-electron chi connectivity index (χ0n) is 19.1. The summed E-state index contributed by atoms with van der Waals surface area (Å²) in [5, 5.41) is 3.52. The number of imidazole rings is 1. The van der Waals surface area contributed by atoms with Gasteiger partial charge in [-0.05, 0) is 47.7 Å². The van der Waals surface area contributed by atoms with Gasteiger partial charge in [0.1, 0.15) is 0 Å². The number of carbonyl (C=O) groups excluding carboxylic acids is 1. The Labute approximate surface area is 197 Å². The highest BCUT2D eigenvalue weighted by atomic mass is 16.5. The van der Waals surface area contributed by atoms with Crippen LogP contribution >= 0.6 is 0 Å². The van der Waals surface area contributed by atoms with Gasteiger partial charge in [-0.15, -0.1) is 0 Å². The number of hydrogen-bond acceptors (Lipinski definition) is 5. The maximum atomic E-state index is 13.8. The largest absolute Gasteiger partial charge is 0.493 e. The predicted molar refractivity (Wildman–Crippen MR) is 131 cm³/mol. The van der Waals surface area contributed by atoms with Crippen molar-refractivity contribution in [2.24, 2.45) is 0 Å². The van der Waals surface area contributed by atoms with Gasteiger partial charge < -0.3 is 14.8 Å². The standard InChI is InChI=1S/C28H25N3O3/c1-33-24-13-12-18(16-25(24)34-2)19-14-21-26(23(32)15-19)27(17-8-4-3-5-9-17)31-22-11-7-6-10-20(22)29-28(31)30-21/h3-13,16,19,27H,14-15H2,1-2H3,(H,29,30)/t19-,27+/m1/s1. The molecule has 6 rings (SSSR count). The first-order chi connectivity index (χ1) is 16.7. The van der Waals surface area contributed by atoms with Crippen molar-refractivity contribution in [2.75, 3.05) is 19.5 Å². The lowest BCUT2D eigenvalue weighted by Crippen LogP contribution is -2.33. The minimum atomic E-state index is -0.210. The number of carbonyl (C=O) groups is 1. The molecule has 0 spiro atoms. The third-order valence-electron chi connectivity index (χ3n) is 6.89. The molecule has 0 fully saturated rings. The zero-order chi connectivity index (χ0) is 23.2. The molecule has 1 aliphatic heterocycles. The van der Waals surface area contributed by atoms with E-state index in [1.165, 1.54) is 0 Å². The monoisotopic (exact) mass is 451 g/mol. The molecule has 2 atom stereocenters. The van der Waals surface area contributed by atoms with Gasteiger partial charge in [-0.3, -0.25) is 9.36 Å². The van der Waals surface area contributed by atoms with Crippen LogP contribution in [-0.4, -0.2) is 29.6 Å². The Balaban J connectivity index is 1.47. The van der Waals surface area contributed by atoms with Gasteiger partial charge in [0.15, 0.2) is 17.3 Å². The summed E-state index contributed by atoms with van der Waals surface area (Å²) in [7, 11) is 3.26. The van der Waals surface area contributed by atoms with Gasteiger partial charge in [0.2, 0.25) is 5.95 Å². The van der Waals surface area contributed by atoms with Crippen molar-refractivity contribution in [2.45, 2.75) is 24.8 Å². The molecule has 0 unspecified atom stereocenters. The number of Topliss-reactive ketones (excluding diaryl/α,β-unsaturated/α-hetero) is 1. The van der Waals surface area contributed by atoms with Crippen molar-refractivity contribution in [3.05, 3.63) is 95.2 Å². The first-order valence-corrected chi connectivity index (χ1v) is 11.4. The van der Waals surface area contributed by atoms with Gasteiger partial charge in [-0.2, -0.15) is 0 Å². The molecule has 1 aliphatic carbocycles. The van der Waals surface area contributed by atoms with Crippen LogP contribution in [0.2, 0.25) is 0 Å². The SMILES string of the molecule is COc1ccc([C@H]2CC(=O)C3=C(C2)Nc2nc4ccccc4n2[C@H]3c2ccccc2)cc1OC. The third-order valence-corrected chi connectivity index (χ3v) is 6.89. The molecule has 1 aromatic heterocycles. The molecule has 6 nitrogen and oxygen atoms in total. The van der Waals surface area contributed by atoms with E-state index in [0.717, 1.165) is 45.8 Å². The molecule has 0 saturated heterocycles. The van der Waals surface area contributed by atoms with E-state index in [-0.39, 0.29) is 17.7 Å². The van der Waals surface area contributed by atoms with Crippen molar-refractivity contribution in [3.63, 3.8) is 0 Å². The lowest BCUT2D eigenvalue weighted by Gasteiger charge is -2.36. The molecule has 3 aromatic carbocycles. The van der Waals surface area contributed by atoms with Crippen LogP contribution in [0.15, 0.2) is 84.1 Å². The zero-order valence-corrected chi connectivity index (χ0v) is 19.1. The van der Waals surface area contributed by atoms with E-state index in [2.05, 4.69) is 28.1 Å². The summed E-state index contributed by atoms with van der Waals surface area (Å²) in [6, 6.07) is 24.0. The van der Waals surface area contributed by atoms with E-state index >= 15 is 0 Å². The molecule has 170 valence electrons. The highest BCUT2D eigenvalue weighted by Gasteiger charge is 2.39. The van der Waals surface area contributed by atoms with Gasteiger partial charge in [-0.1, -0.05) is 48.5 Å². The Morgan fingerprint density at radius 1 is 0.882 bits per heavy atom. The Hall–Kier alpha value is -4.06. The molecule has 0 amide bonds. The van der Waals surface area contributed by atoms with Crippen molar-refractivity contribution in [1.82, 2.24) is 9.55 Å². The summed E-state index contributed by atoms with van der Waals surface area (Å²) in [5.74, 6) is 2.33. The van der Waals surface area contributed by atoms with Crippen molar-refractivity contribution in [3.8, 4) is 11.5 Å². The smallest absolute Gasteiger partial charge is 0.209 e. The fourth-order valence-electron chi connectivity index (χ4n) is 5.32. The summed E-state index contributed by atoms with van der Waals surface area (Å²) in [6.07, 6.45) is 1.17. The summed E-state index contributed by atoms with van der Waals surface area (Å²) in [6.45, 7) is 0. The Morgan fingerprint density at radius 3 is 2.44 bits per heavy atom. The fraction of sp³-hybridized carbons (Fsp3) is 0.214. The predicted octanol–water partition coefficient (Wildman–Crippen LogP) is 5.47. The first kappa shape index (κ1) is 20.5. The second kappa shape index (κ2) is 8.06. The van der Waals surface area contributed by atoms with Crippen LogP contribution in [0.3, 0.4) is 0 Å². The summed E-state index contributed by atoms with van der Waals surface area (Å²) < 4.78 is 13.1. The molecule has 34 heavy (non-hydrogen) atoms. The summed E-state index contributed by atoms with van der Waals surface area (Å²) >= 11 is 0. The van der Waals surface area contributed by atoms with Gasteiger partial charge in [0.25, 0.3) is 0 Å². The lowest BCUT2D eigenvalue weighted by molar-refractivity contribution is -0.116. The number of nitrogens with zero attached hydrogens (tertiary/aromatic N) is 2. The summed E-state index contributed by atoms with van der Waals surface area (Å²) in [4.78, 5) is 18.6. The molecular formula is C28H25N3O3. The molecule has 2 aliphatic rings. The Morgan fingerprint density at radius 2 is 1.65 bits per heavy atom. The second-order valence-corrected chi connectivity index (χ2v) is 8.77. The number of aromatic nitrogens is 2. The van der Waals surface area contributed by atoms with Crippen LogP contribution < -0.4 is 14.8 Å². The minimum Gasteiger partial charge on any atom is -0.493 e. The van der Waals surface area contributed by atoms with Crippen LogP contribution in [0, 0.1) is 0 Å². The van der Waals surface area contributed by atoms with Crippen LogP contribution in [0.5, 0.6) is 11.5 Å². The maximum Gasteiger partial charge on any atom is 0.209 e. The molecule has 0 saturated carbocycles. The van der Waals surface area contributed by atoms with Gasteiger partial charge in [0, 0.05) is 17.7 Å². The number of para-hydroxylation sites is 2. The number of nitrogens with one attached hydrogen (secondary N) is 1. The van der Waals surface area contributed by atoms with Crippen molar-refractivity contribution >= 4 is 22.8 Å². The van der Waals surface area contributed by atoms with E-state index in [4.69, 9.17) is 14.5 Å². The maximum absolute atomic E-state index is 13.8. The van der Waals surface area contributed by atoms with Crippen LogP contribution in [-0.2, 0) is 4.79 Å². The third kappa shape index (κ3) is 3.17. The molecule has 0 bridgehead atoms. The number of rotatable bonds is 4. The Kier molecular flexibility index (Phi) is 4.87. The average molecular weight is 452 g/mol. The number of anilines is 1. The Bertz CT molecular complexity index is 1440. The van der Waals surface area contributed by atoms with E-state index in [1.807, 2.05) is 54.6 Å². The van der Waals surface area contributed by atoms with E-state index < -0.39 is 0 Å². The average Bonchev–Trinajstić information content (AvgIpc) is 3.25. The second-order valence-electron chi connectivity index (χ2n) is 8.77. The van der Waals surface area contributed by atoms with E-state index in [9.17, 15) is 4.79 Å². The highest BCUT2D eigenvalue weighted by molar-refractivity contribution is 6.01. The highest BCUT2D eigenvalue weighted by Crippen LogP contribution is 2.46. The van der Waals surface area contributed by atoms with Gasteiger partial charge >= 0.3 is 0 Å². The molecule has 1 N–H and O–H groups in total. The van der Waals surface area contributed by atoms with Gasteiger partial charge in [-0.25, -0.2) is 4.98 Å². The molecule has 4 aromatic rings. The van der Waals surface area contributed by atoms with Crippen molar-refractivity contribution in [1.29, 1.82) is 0 Å². The number of fused-ring (bicyclic) bond motifs is 3. The molecule has 0 radical (unpaired) electrons. The number of allylic oxidation sites excluding steroid dienone is 2. The normalized spacial score (nSPS) is 19.4. The number of ether oxygens (including phenoxy) is 2. The molecule has 2 heterocycles. The molecule has 6 heteroatoms. The minimum absolute atomic E-state index is 0.0471. The van der Waals surface area contributed by atoms with E-state index in [0.29, 0.717) is 17.9 Å². The van der Waals surface area contributed by atoms with Crippen molar-refractivity contribution < 1.29 is 14.3 Å². The molecular weight excluding hydrogens is 426 g/mol. The number of methoxy groups -OCH3 is 2. The van der Waals surface area contributed by atoms with Gasteiger partial charge in [0.05, 0.1) is 31.3 Å². The number of benzene rings is 3. The van der Waals surface area contributed by atoms with E-state index in [1.54, 1.807) is 14.2 Å². The number of hydrogen-bond donors (Lipinski definition) is 1. The van der Waals surface area contributed by atoms with Crippen LogP contribution in [0.4, 0.5) is 5.95 Å². The van der Waals surface area contributed by atoms with Crippen LogP contribution in [0.1, 0.15) is 35.9 Å². The quantitative estimate of drug-likeness (QED) is 0.446. The van der Waals surface area contributed by atoms with Crippen LogP contribution in [0.25, 0.3) is 11.0 Å². The fourth-order valence-corrected chi connectivity index (χ4v) is 5.32.